The van der Waals surface area contributed by atoms with Gasteiger partial charge in [-0.25, -0.2) is 0 Å². The smallest absolute Gasteiger partial charge is 0.418 e. The second-order valence-electron chi connectivity index (χ2n) is 6.88. The summed E-state index contributed by atoms with van der Waals surface area (Å²) >= 11 is 0. The van der Waals surface area contributed by atoms with Gasteiger partial charge in [0.1, 0.15) is 5.75 Å². The number of aromatic nitrogens is 1. The van der Waals surface area contributed by atoms with Crippen molar-refractivity contribution >= 4 is 17.0 Å². The second kappa shape index (κ2) is 7.67. The van der Waals surface area contributed by atoms with Crippen LogP contribution in [0.1, 0.15) is 18.1 Å². The molecule has 1 N–H and O–H groups in total. The summed E-state index contributed by atoms with van der Waals surface area (Å²) in [4.78, 5) is 4.23. The molecule has 4 aromatic rings. The van der Waals surface area contributed by atoms with Gasteiger partial charge in [0, 0.05) is 22.7 Å². The first-order chi connectivity index (χ1) is 14.4. The molecule has 3 aromatic carbocycles. The average molecular weight is 405 g/mol. The van der Waals surface area contributed by atoms with Crippen LogP contribution in [0.2, 0.25) is 0 Å². The Morgan fingerprint density at radius 3 is 2.40 bits per heavy atom. The van der Waals surface area contributed by atoms with Crippen molar-refractivity contribution in [3.05, 3.63) is 90.1 Å². The van der Waals surface area contributed by atoms with Crippen LogP contribution in [-0.2, 0) is 6.18 Å². The molecule has 30 heavy (non-hydrogen) atoms. The summed E-state index contributed by atoms with van der Waals surface area (Å²) in [5.74, 6) is 0.0390. The highest BCUT2D eigenvalue weighted by molar-refractivity contribution is 6.04. The number of phenolic OH excluding ortho intramolecular Hbond substituents is 1. The number of halogens is 3. The van der Waals surface area contributed by atoms with Crippen molar-refractivity contribution < 1.29 is 18.3 Å². The van der Waals surface area contributed by atoms with Gasteiger partial charge in [-0.1, -0.05) is 60.7 Å². The molecule has 0 saturated heterocycles. The van der Waals surface area contributed by atoms with Crippen LogP contribution in [0.15, 0.2) is 79.0 Å². The number of hydrogen-bond acceptors (Lipinski definition) is 2. The molecule has 0 radical (unpaired) electrons. The predicted molar refractivity (Wildman–Crippen MR) is 114 cm³/mol. The maximum absolute atomic E-state index is 13.6. The summed E-state index contributed by atoms with van der Waals surface area (Å²) in [5.41, 5.74) is 2.78. The van der Waals surface area contributed by atoms with E-state index < -0.39 is 11.7 Å². The fourth-order valence-corrected chi connectivity index (χ4v) is 3.70. The molecule has 0 fully saturated rings. The molecule has 1 heterocycles. The third kappa shape index (κ3) is 3.54. The van der Waals surface area contributed by atoms with Crippen LogP contribution in [0.5, 0.6) is 5.75 Å². The molecule has 5 heteroatoms. The highest BCUT2D eigenvalue weighted by Crippen LogP contribution is 2.42. The zero-order valence-electron chi connectivity index (χ0n) is 16.1. The topological polar surface area (TPSA) is 33.1 Å². The van der Waals surface area contributed by atoms with Crippen molar-refractivity contribution in [2.24, 2.45) is 0 Å². The van der Waals surface area contributed by atoms with Crippen molar-refractivity contribution in [1.82, 2.24) is 4.98 Å². The summed E-state index contributed by atoms with van der Waals surface area (Å²) in [6.45, 7) is 1.90. The van der Waals surface area contributed by atoms with Gasteiger partial charge in [0.2, 0.25) is 0 Å². The van der Waals surface area contributed by atoms with Gasteiger partial charge in [-0.2, -0.15) is 13.2 Å². The highest BCUT2D eigenvalue weighted by atomic mass is 19.4. The van der Waals surface area contributed by atoms with E-state index in [2.05, 4.69) is 4.98 Å². The summed E-state index contributed by atoms with van der Waals surface area (Å²) in [7, 11) is 0. The molecule has 0 aliphatic carbocycles. The maximum Gasteiger partial charge on any atom is 0.418 e. The molecular formula is C25H18F3NO. The Labute approximate surface area is 172 Å². The third-order valence-corrected chi connectivity index (χ3v) is 4.93. The van der Waals surface area contributed by atoms with Crippen LogP contribution in [0.4, 0.5) is 13.2 Å². The normalized spacial score (nSPS) is 12.0. The third-order valence-electron chi connectivity index (χ3n) is 4.93. The predicted octanol–water partition coefficient (Wildman–Crippen LogP) is 7.33. The van der Waals surface area contributed by atoms with Crippen molar-refractivity contribution in [1.29, 1.82) is 0 Å². The zero-order chi connectivity index (χ0) is 21.3. The molecular weight excluding hydrogens is 387 g/mol. The number of fused-ring (bicyclic) bond motifs is 1. The molecule has 0 atom stereocenters. The number of alkyl halides is 3. The van der Waals surface area contributed by atoms with Crippen LogP contribution in [0.3, 0.4) is 0 Å². The quantitative estimate of drug-likeness (QED) is 0.387. The number of allylic oxidation sites excluding steroid dienone is 1. The van der Waals surface area contributed by atoms with Crippen molar-refractivity contribution in [3.8, 4) is 28.0 Å². The number of phenols is 1. The molecule has 150 valence electrons. The van der Waals surface area contributed by atoms with Gasteiger partial charge in [0.15, 0.2) is 0 Å². The second-order valence-corrected chi connectivity index (χ2v) is 6.88. The number of pyridine rings is 1. The van der Waals surface area contributed by atoms with Crippen LogP contribution in [-0.4, -0.2) is 10.1 Å². The highest BCUT2D eigenvalue weighted by Gasteiger charge is 2.33. The van der Waals surface area contributed by atoms with Crippen LogP contribution < -0.4 is 0 Å². The van der Waals surface area contributed by atoms with E-state index in [1.165, 1.54) is 18.3 Å². The monoisotopic (exact) mass is 405 g/mol. The van der Waals surface area contributed by atoms with Gasteiger partial charge in [0.05, 0.1) is 11.1 Å². The summed E-state index contributed by atoms with van der Waals surface area (Å²) in [5, 5.41) is 10.4. The van der Waals surface area contributed by atoms with E-state index in [4.69, 9.17) is 0 Å². The molecule has 1 aromatic heterocycles. The minimum atomic E-state index is -4.52. The number of rotatable bonds is 3. The van der Waals surface area contributed by atoms with Gasteiger partial charge in [-0.15, -0.1) is 0 Å². The summed E-state index contributed by atoms with van der Waals surface area (Å²) in [6.07, 6.45) is 0.813. The van der Waals surface area contributed by atoms with E-state index in [9.17, 15) is 18.3 Å². The molecule has 0 bridgehead atoms. The molecule has 0 aliphatic heterocycles. The Kier molecular flexibility index (Phi) is 5.04. The van der Waals surface area contributed by atoms with Crippen LogP contribution >= 0.6 is 0 Å². The molecule has 0 unspecified atom stereocenters. The average Bonchev–Trinajstić information content (AvgIpc) is 2.72. The molecule has 4 rings (SSSR count). The number of nitrogens with zero attached hydrogens (tertiary/aromatic N) is 1. The lowest BCUT2D eigenvalue weighted by molar-refractivity contribution is -0.136. The van der Waals surface area contributed by atoms with Crippen molar-refractivity contribution in [2.75, 3.05) is 0 Å². The largest absolute Gasteiger partial charge is 0.508 e. The Bertz CT molecular complexity index is 1260. The molecule has 0 aliphatic rings. The van der Waals surface area contributed by atoms with Gasteiger partial charge in [-0.3, -0.25) is 4.98 Å². The number of benzene rings is 3. The lowest BCUT2D eigenvalue weighted by Crippen LogP contribution is -2.07. The fourth-order valence-electron chi connectivity index (χ4n) is 3.70. The van der Waals surface area contributed by atoms with Crippen molar-refractivity contribution in [2.45, 2.75) is 13.1 Å². The van der Waals surface area contributed by atoms with Gasteiger partial charge < -0.3 is 5.11 Å². The summed E-state index contributed by atoms with van der Waals surface area (Å²) < 4.78 is 40.8. The number of aromatic hydroxyl groups is 1. The number of hydrogen-bond donors (Lipinski definition) is 1. The zero-order valence-corrected chi connectivity index (χ0v) is 16.1. The van der Waals surface area contributed by atoms with E-state index >= 15 is 0 Å². The van der Waals surface area contributed by atoms with E-state index in [0.717, 1.165) is 17.2 Å². The lowest BCUT2D eigenvalue weighted by atomic mass is 9.89. The SMILES string of the molecule is CC=Cc1ccccc1-c1cnc2c(C(F)(F)F)cccc2c1-c1cccc(O)c1. The van der Waals surface area contributed by atoms with E-state index in [-0.39, 0.29) is 11.3 Å². The molecule has 2 nitrogen and oxygen atoms in total. The lowest BCUT2D eigenvalue weighted by Gasteiger charge is -2.17. The van der Waals surface area contributed by atoms with Gasteiger partial charge >= 0.3 is 6.18 Å². The van der Waals surface area contributed by atoms with E-state index in [0.29, 0.717) is 22.1 Å². The first-order valence-electron chi connectivity index (χ1n) is 9.40. The fraction of sp³-hybridized carbons (Fsp3) is 0.0800. The van der Waals surface area contributed by atoms with Crippen LogP contribution in [0, 0.1) is 0 Å². The Morgan fingerprint density at radius 1 is 0.900 bits per heavy atom. The van der Waals surface area contributed by atoms with Gasteiger partial charge in [-0.05, 0) is 41.8 Å². The molecule has 0 spiro atoms. The minimum absolute atomic E-state index is 0.0390. The summed E-state index contributed by atoms with van der Waals surface area (Å²) in [6, 6.07) is 18.2. The Hall–Kier alpha value is -3.60. The van der Waals surface area contributed by atoms with Crippen LogP contribution in [0.25, 0.3) is 39.2 Å². The number of para-hydroxylation sites is 1. The molecule has 0 amide bonds. The maximum atomic E-state index is 13.6. The van der Waals surface area contributed by atoms with Crippen molar-refractivity contribution in [3.63, 3.8) is 0 Å². The first-order valence-corrected chi connectivity index (χ1v) is 9.40. The van der Waals surface area contributed by atoms with E-state index in [1.807, 2.05) is 43.3 Å². The molecule has 0 saturated carbocycles. The Morgan fingerprint density at radius 2 is 1.67 bits per heavy atom. The Balaban J connectivity index is 2.14. The van der Waals surface area contributed by atoms with Gasteiger partial charge in [0.25, 0.3) is 0 Å². The van der Waals surface area contributed by atoms with E-state index in [1.54, 1.807) is 24.3 Å². The standard InChI is InChI=1S/C25H18F3NO/c1-2-7-16-8-3-4-11-19(16)21-15-29-24-20(12-6-13-22(24)25(26,27)28)23(21)17-9-5-10-18(30)14-17/h2-15,30H,1H3. The first kappa shape index (κ1) is 19.7. The minimum Gasteiger partial charge on any atom is -0.508 e.